The van der Waals surface area contributed by atoms with Crippen molar-refractivity contribution < 1.29 is 27.1 Å². The summed E-state index contributed by atoms with van der Waals surface area (Å²) in [4.78, 5) is 13.5. The summed E-state index contributed by atoms with van der Waals surface area (Å²) >= 11 is 1.58. The van der Waals surface area contributed by atoms with E-state index in [0.717, 1.165) is 10.5 Å². The number of hydrogen-bond acceptors (Lipinski definition) is 4. The number of hydrogen-bond donors (Lipinski definition) is 1. The number of rotatable bonds is 7. The highest BCUT2D eigenvalue weighted by Gasteiger charge is 2.30. The molecule has 0 atom stereocenters. The Balaban J connectivity index is 1.55. The van der Waals surface area contributed by atoms with Gasteiger partial charge >= 0.3 is 6.36 Å². The molecule has 3 aromatic rings. The fourth-order valence-corrected chi connectivity index (χ4v) is 3.30. The molecule has 0 bridgehead atoms. The van der Waals surface area contributed by atoms with Crippen LogP contribution in [0, 0.1) is 0 Å². The second kappa shape index (κ2) is 8.88. The Morgan fingerprint density at radius 3 is 2.43 bits per heavy atom. The van der Waals surface area contributed by atoms with Gasteiger partial charge in [0.1, 0.15) is 5.75 Å². The zero-order chi connectivity index (χ0) is 20.0. The number of alkyl halides is 3. The number of furan rings is 1. The molecule has 8 heteroatoms. The van der Waals surface area contributed by atoms with E-state index in [-0.39, 0.29) is 24.0 Å². The van der Waals surface area contributed by atoms with Gasteiger partial charge < -0.3 is 14.5 Å². The van der Waals surface area contributed by atoms with Crippen molar-refractivity contribution >= 4 is 17.7 Å². The highest BCUT2D eigenvalue weighted by molar-refractivity contribution is 7.98. The van der Waals surface area contributed by atoms with Gasteiger partial charge in [0.2, 0.25) is 0 Å². The predicted octanol–water partition coefficient (Wildman–Crippen LogP) is 5.40. The molecule has 0 fully saturated rings. The van der Waals surface area contributed by atoms with Crippen LogP contribution in [0.1, 0.15) is 21.7 Å². The van der Waals surface area contributed by atoms with Gasteiger partial charge in [-0.1, -0.05) is 30.3 Å². The Kier molecular flexibility index (Phi) is 6.30. The van der Waals surface area contributed by atoms with E-state index < -0.39 is 6.36 Å². The van der Waals surface area contributed by atoms with Crippen LogP contribution in [0.15, 0.2) is 76.2 Å². The minimum atomic E-state index is -4.73. The number of halogens is 3. The molecular formula is C20H16F3NO3S. The lowest BCUT2D eigenvalue weighted by atomic mass is 10.2. The van der Waals surface area contributed by atoms with Crippen molar-refractivity contribution in [3.63, 3.8) is 0 Å². The first-order valence-corrected chi connectivity index (χ1v) is 9.26. The van der Waals surface area contributed by atoms with Gasteiger partial charge in [-0.15, -0.1) is 24.9 Å². The second-order valence-electron chi connectivity index (χ2n) is 5.75. The quantitative estimate of drug-likeness (QED) is 0.533. The normalized spacial score (nSPS) is 11.2. The first-order chi connectivity index (χ1) is 13.4. The average molecular weight is 407 g/mol. The molecule has 3 rings (SSSR count). The maximum absolute atomic E-state index is 12.4. The zero-order valence-electron chi connectivity index (χ0n) is 14.5. The second-order valence-corrected chi connectivity index (χ2v) is 6.80. The number of thioether (sulfide) groups is 1. The number of carbonyl (C=O) groups excluding carboxylic acids is 1. The summed E-state index contributed by atoms with van der Waals surface area (Å²) in [6.45, 7) is 0.150. The van der Waals surface area contributed by atoms with E-state index in [1.165, 1.54) is 30.5 Å². The fourth-order valence-electron chi connectivity index (χ4n) is 2.40. The monoisotopic (exact) mass is 407 g/mol. The van der Waals surface area contributed by atoms with Crippen LogP contribution in [0.2, 0.25) is 0 Å². The van der Waals surface area contributed by atoms with Gasteiger partial charge in [0.25, 0.3) is 5.91 Å². The topological polar surface area (TPSA) is 51.5 Å². The maximum atomic E-state index is 12.4. The Morgan fingerprint density at radius 1 is 1.04 bits per heavy atom. The third kappa shape index (κ3) is 5.82. The van der Waals surface area contributed by atoms with Crippen LogP contribution in [0.25, 0.3) is 0 Å². The summed E-state index contributed by atoms with van der Waals surface area (Å²) in [5.41, 5.74) is 1.40. The summed E-state index contributed by atoms with van der Waals surface area (Å²) < 4.78 is 45.6. The molecule has 0 aliphatic carbocycles. The van der Waals surface area contributed by atoms with E-state index >= 15 is 0 Å². The molecule has 1 aromatic heterocycles. The van der Waals surface area contributed by atoms with Gasteiger partial charge in [0.05, 0.1) is 6.26 Å². The molecule has 1 amide bonds. The van der Waals surface area contributed by atoms with Crippen LogP contribution in [-0.4, -0.2) is 12.3 Å². The predicted molar refractivity (Wildman–Crippen MR) is 99.0 cm³/mol. The largest absolute Gasteiger partial charge is 0.573 e. The lowest BCUT2D eigenvalue weighted by Gasteiger charge is -2.09. The van der Waals surface area contributed by atoms with Crippen LogP contribution in [0.4, 0.5) is 13.2 Å². The number of ether oxygens (including phenoxy) is 1. The molecule has 0 saturated heterocycles. The van der Waals surface area contributed by atoms with Crippen LogP contribution in [-0.2, 0) is 12.3 Å². The molecule has 4 nitrogen and oxygen atoms in total. The molecule has 0 aliphatic rings. The van der Waals surface area contributed by atoms with E-state index in [2.05, 4.69) is 10.1 Å². The number of nitrogens with one attached hydrogen (secondary N) is 1. The minimum absolute atomic E-state index is 0.150. The van der Waals surface area contributed by atoms with Crippen molar-refractivity contribution in [2.24, 2.45) is 0 Å². The van der Waals surface area contributed by atoms with Gasteiger partial charge in [-0.05, 0) is 35.9 Å². The smallest absolute Gasteiger partial charge is 0.459 e. The van der Waals surface area contributed by atoms with E-state index in [1.54, 1.807) is 17.8 Å². The Hall–Kier alpha value is -2.87. The molecular weight excluding hydrogens is 391 g/mol. The van der Waals surface area contributed by atoms with Crippen molar-refractivity contribution in [2.75, 3.05) is 0 Å². The summed E-state index contributed by atoms with van der Waals surface area (Å²) in [5, 5.41) is 2.70. The van der Waals surface area contributed by atoms with E-state index in [1.807, 2.05) is 30.3 Å². The number of amides is 1. The third-order valence-electron chi connectivity index (χ3n) is 3.70. The van der Waals surface area contributed by atoms with E-state index in [9.17, 15) is 18.0 Å². The van der Waals surface area contributed by atoms with Gasteiger partial charge in [-0.2, -0.15) is 0 Å². The van der Waals surface area contributed by atoms with Gasteiger partial charge in [-0.3, -0.25) is 4.79 Å². The lowest BCUT2D eigenvalue weighted by Crippen LogP contribution is -2.23. The molecule has 2 aromatic carbocycles. The number of carbonyl (C=O) groups is 1. The lowest BCUT2D eigenvalue weighted by molar-refractivity contribution is -0.274. The zero-order valence-corrected chi connectivity index (χ0v) is 15.3. The average Bonchev–Trinajstić information content (AvgIpc) is 3.14. The van der Waals surface area contributed by atoms with Gasteiger partial charge in [0, 0.05) is 22.8 Å². The highest BCUT2D eigenvalue weighted by atomic mass is 32.2. The molecule has 0 unspecified atom stereocenters. The Morgan fingerprint density at radius 2 is 1.75 bits per heavy atom. The van der Waals surface area contributed by atoms with Crippen molar-refractivity contribution in [3.8, 4) is 5.75 Å². The van der Waals surface area contributed by atoms with Crippen LogP contribution >= 0.6 is 11.8 Å². The van der Waals surface area contributed by atoms with Crippen molar-refractivity contribution in [1.82, 2.24) is 5.32 Å². The highest BCUT2D eigenvalue weighted by Crippen LogP contribution is 2.25. The summed E-state index contributed by atoms with van der Waals surface area (Å²) in [6, 6.07) is 16.8. The molecule has 0 spiro atoms. The SMILES string of the molecule is O=C(NCc1ccc(OC(F)(F)F)cc1)c1occc1CSc1ccccc1. The minimum Gasteiger partial charge on any atom is -0.459 e. The molecule has 1 heterocycles. The molecule has 146 valence electrons. The fraction of sp³-hybridized carbons (Fsp3) is 0.150. The third-order valence-corrected chi connectivity index (χ3v) is 4.76. The molecule has 0 radical (unpaired) electrons. The molecule has 0 saturated carbocycles. The van der Waals surface area contributed by atoms with Crippen LogP contribution in [0.3, 0.4) is 0 Å². The van der Waals surface area contributed by atoms with Crippen molar-refractivity contribution in [3.05, 3.63) is 83.8 Å². The van der Waals surface area contributed by atoms with Crippen molar-refractivity contribution in [2.45, 2.75) is 23.6 Å². The molecule has 28 heavy (non-hydrogen) atoms. The van der Waals surface area contributed by atoms with Crippen molar-refractivity contribution in [1.29, 1.82) is 0 Å². The first kappa shape index (κ1) is 19.9. The Labute approximate surface area is 163 Å². The van der Waals surface area contributed by atoms with Crippen LogP contribution in [0.5, 0.6) is 5.75 Å². The van der Waals surface area contributed by atoms with E-state index in [0.29, 0.717) is 11.3 Å². The summed E-state index contributed by atoms with van der Waals surface area (Å²) in [5.74, 6) is 0.103. The molecule has 0 aliphatic heterocycles. The van der Waals surface area contributed by atoms with Gasteiger partial charge in [0.15, 0.2) is 5.76 Å². The first-order valence-electron chi connectivity index (χ1n) is 8.28. The molecule has 1 N–H and O–H groups in total. The Bertz CT molecular complexity index is 908. The van der Waals surface area contributed by atoms with E-state index in [4.69, 9.17) is 4.42 Å². The van der Waals surface area contributed by atoms with Crippen LogP contribution < -0.4 is 10.1 Å². The number of benzene rings is 2. The maximum Gasteiger partial charge on any atom is 0.573 e. The standard InChI is InChI=1S/C20H16F3NO3S/c21-20(22,23)27-16-8-6-14(7-9-16)12-24-19(25)18-15(10-11-26-18)13-28-17-4-2-1-3-5-17/h1-11H,12-13H2,(H,24,25). The summed E-state index contributed by atoms with van der Waals surface area (Å²) in [6.07, 6.45) is -3.28. The van der Waals surface area contributed by atoms with Gasteiger partial charge in [-0.25, -0.2) is 0 Å². The summed E-state index contributed by atoms with van der Waals surface area (Å²) in [7, 11) is 0.